The van der Waals surface area contributed by atoms with E-state index in [0.29, 0.717) is 12.0 Å². The van der Waals surface area contributed by atoms with Crippen LogP contribution in [0.1, 0.15) is 52.0 Å². The highest BCUT2D eigenvalue weighted by molar-refractivity contribution is 14.0. The number of aliphatic imine (C=N–C) groups is 1. The number of hydrogen-bond acceptors (Lipinski definition) is 3. The first-order valence-electron chi connectivity index (χ1n) is 9.40. The third kappa shape index (κ3) is 3.74. The molecule has 2 aliphatic rings. The molecule has 2 fully saturated rings. The van der Waals surface area contributed by atoms with Gasteiger partial charge in [-0.25, -0.2) is 0 Å². The first kappa shape index (κ1) is 21.5. The summed E-state index contributed by atoms with van der Waals surface area (Å²) in [7, 11) is 3.80. The average molecular weight is 475 g/mol. The molecule has 2 heterocycles. The number of methoxy groups -OCH3 is 1. The lowest BCUT2D eigenvalue weighted by Gasteiger charge is -2.59. The average Bonchev–Trinajstić information content (AvgIpc) is 3.22. The smallest absolute Gasteiger partial charge is 0.194 e. The van der Waals surface area contributed by atoms with E-state index in [0.717, 1.165) is 38.4 Å². The normalized spacial score (nSPS) is 30.7. The van der Waals surface area contributed by atoms with Gasteiger partial charge in [-0.15, -0.1) is 24.0 Å². The van der Waals surface area contributed by atoms with Crippen molar-refractivity contribution < 1.29 is 4.74 Å². The van der Waals surface area contributed by atoms with Gasteiger partial charge in [0.25, 0.3) is 0 Å². The van der Waals surface area contributed by atoms with Crippen LogP contribution < -0.4 is 5.32 Å². The van der Waals surface area contributed by atoms with Gasteiger partial charge in [0.05, 0.1) is 11.8 Å². The van der Waals surface area contributed by atoms with Crippen LogP contribution in [0, 0.1) is 5.41 Å². The summed E-state index contributed by atoms with van der Waals surface area (Å²) in [6, 6.07) is 0.389. The number of nitrogens with one attached hydrogen (secondary N) is 1. The predicted molar refractivity (Wildman–Crippen MR) is 116 cm³/mol. The topological polar surface area (TPSA) is 54.7 Å². The van der Waals surface area contributed by atoms with Crippen LogP contribution in [0.2, 0.25) is 0 Å². The summed E-state index contributed by atoms with van der Waals surface area (Å²) in [5.74, 6) is 1.58. The lowest BCUT2D eigenvalue weighted by molar-refractivity contribution is -0.176. The van der Waals surface area contributed by atoms with Crippen LogP contribution in [0.5, 0.6) is 0 Å². The summed E-state index contributed by atoms with van der Waals surface area (Å²) in [6.45, 7) is 11.7. The minimum absolute atomic E-state index is 0. The van der Waals surface area contributed by atoms with Crippen molar-refractivity contribution >= 4 is 29.9 Å². The Morgan fingerprint density at radius 1 is 1.42 bits per heavy atom. The molecule has 148 valence electrons. The maximum Gasteiger partial charge on any atom is 0.194 e. The van der Waals surface area contributed by atoms with Crippen LogP contribution in [0.3, 0.4) is 0 Å². The molecule has 6 nitrogen and oxygen atoms in total. The molecule has 1 saturated carbocycles. The van der Waals surface area contributed by atoms with Gasteiger partial charge in [0.2, 0.25) is 0 Å². The van der Waals surface area contributed by atoms with Gasteiger partial charge in [0, 0.05) is 57.4 Å². The highest BCUT2D eigenvalue weighted by Gasteiger charge is 2.58. The molecule has 3 unspecified atom stereocenters. The van der Waals surface area contributed by atoms with Gasteiger partial charge in [0.1, 0.15) is 0 Å². The van der Waals surface area contributed by atoms with Crippen molar-refractivity contribution in [3.8, 4) is 0 Å². The minimum atomic E-state index is -0.0642. The van der Waals surface area contributed by atoms with Crippen molar-refractivity contribution in [1.82, 2.24) is 20.0 Å². The highest BCUT2D eigenvalue weighted by Crippen LogP contribution is 2.51. The third-order valence-corrected chi connectivity index (χ3v) is 6.57. The number of ether oxygens (including phenoxy) is 1. The van der Waals surface area contributed by atoms with Crippen LogP contribution in [-0.2, 0) is 11.8 Å². The van der Waals surface area contributed by atoms with E-state index >= 15 is 0 Å². The number of likely N-dealkylation sites (tertiary alicyclic amines) is 1. The quantitative estimate of drug-likeness (QED) is 0.414. The molecule has 0 aromatic carbocycles. The Hall–Kier alpha value is -0.830. The lowest BCUT2D eigenvalue weighted by atomic mass is 9.56. The van der Waals surface area contributed by atoms with Crippen LogP contribution >= 0.6 is 24.0 Å². The maximum atomic E-state index is 5.76. The SMILES string of the molecule is CCN=C(NC1CC(C)(OC)C1(C)C)N1CCC(c2cnn(C)c2)C1.I. The van der Waals surface area contributed by atoms with Crippen molar-refractivity contribution in [3.63, 3.8) is 0 Å². The molecule has 3 rings (SSSR count). The summed E-state index contributed by atoms with van der Waals surface area (Å²) >= 11 is 0. The Balaban J connectivity index is 0.00000243. The molecule has 26 heavy (non-hydrogen) atoms. The molecule has 0 amide bonds. The van der Waals surface area contributed by atoms with Gasteiger partial charge >= 0.3 is 0 Å². The number of aromatic nitrogens is 2. The molecule has 1 aromatic rings. The molecule has 1 aliphatic heterocycles. The standard InChI is InChI=1S/C19H33N5O.HI/c1-7-20-17(22-16-10-19(4,25-6)18(16,2)3)24-9-8-14(13-24)15-11-21-23(5)12-15;/h11-12,14,16H,7-10,13H2,1-6H3,(H,20,22);1H. The molecule has 1 saturated heterocycles. The summed E-state index contributed by atoms with van der Waals surface area (Å²) < 4.78 is 7.65. The van der Waals surface area contributed by atoms with E-state index in [9.17, 15) is 0 Å². The monoisotopic (exact) mass is 475 g/mol. The lowest BCUT2D eigenvalue weighted by Crippen LogP contribution is -2.69. The van der Waals surface area contributed by atoms with E-state index in [4.69, 9.17) is 9.73 Å². The van der Waals surface area contributed by atoms with Gasteiger partial charge in [-0.2, -0.15) is 5.10 Å². The van der Waals surface area contributed by atoms with E-state index in [-0.39, 0.29) is 35.0 Å². The van der Waals surface area contributed by atoms with Gasteiger partial charge in [-0.05, 0) is 32.3 Å². The van der Waals surface area contributed by atoms with Crippen molar-refractivity contribution in [3.05, 3.63) is 18.0 Å². The number of guanidine groups is 1. The molecule has 0 spiro atoms. The minimum Gasteiger partial charge on any atom is -0.378 e. The van der Waals surface area contributed by atoms with Gasteiger partial charge < -0.3 is 15.0 Å². The first-order chi connectivity index (χ1) is 11.8. The number of rotatable bonds is 4. The first-order valence-corrected chi connectivity index (χ1v) is 9.40. The van der Waals surface area contributed by atoms with E-state index in [2.05, 4.69) is 49.2 Å². The highest BCUT2D eigenvalue weighted by atomic mass is 127. The van der Waals surface area contributed by atoms with Crippen molar-refractivity contribution in [2.24, 2.45) is 17.5 Å². The summed E-state index contributed by atoms with van der Waals surface area (Å²) in [5, 5.41) is 8.05. The second-order valence-corrected chi connectivity index (χ2v) is 8.23. The zero-order valence-electron chi connectivity index (χ0n) is 17.0. The predicted octanol–water partition coefficient (Wildman–Crippen LogP) is 3.00. The molecule has 1 N–H and O–H groups in total. The number of hydrogen-bond donors (Lipinski definition) is 1. The largest absolute Gasteiger partial charge is 0.378 e. The molecule has 1 aliphatic carbocycles. The fourth-order valence-corrected chi connectivity index (χ4v) is 4.14. The maximum absolute atomic E-state index is 5.76. The van der Waals surface area contributed by atoms with E-state index in [1.54, 1.807) is 0 Å². The van der Waals surface area contributed by atoms with E-state index in [1.165, 1.54) is 5.56 Å². The van der Waals surface area contributed by atoms with E-state index in [1.807, 2.05) is 25.0 Å². The number of aryl methyl sites for hydroxylation is 1. The van der Waals surface area contributed by atoms with Crippen LogP contribution in [0.4, 0.5) is 0 Å². The van der Waals surface area contributed by atoms with Gasteiger partial charge in [-0.1, -0.05) is 13.8 Å². The zero-order chi connectivity index (χ0) is 18.2. The molecule has 7 heteroatoms. The molecular weight excluding hydrogens is 441 g/mol. The Kier molecular flexibility index (Phi) is 6.64. The van der Waals surface area contributed by atoms with Crippen molar-refractivity contribution in [2.45, 2.75) is 58.1 Å². The zero-order valence-corrected chi connectivity index (χ0v) is 19.3. The molecular formula is C19H34IN5O. The van der Waals surface area contributed by atoms with Crippen molar-refractivity contribution in [2.75, 3.05) is 26.7 Å². The Labute approximate surface area is 174 Å². The molecule has 1 aromatic heterocycles. The molecule has 3 atom stereocenters. The number of nitrogens with zero attached hydrogens (tertiary/aromatic N) is 4. The van der Waals surface area contributed by atoms with Gasteiger partial charge in [-0.3, -0.25) is 9.67 Å². The summed E-state index contributed by atoms with van der Waals surface area (Å²) in [6.07, 6.45) is 6.30. The van der Waals surface area contributed by atoms with E-state index < -0.39 is 0 Å². The third-order valence-electron chi connectivity index (χ3n) is 6.57. The van der Waals surface area contributed by atoms with Crippen LogP contribution in [-0.4, -0.2) is 59.0 Å². The van der Waals surface area contributed by atoms with Crippen molar-refractivity contribution in [1.29, 1.82) is 0 Å². The number of halogens is 1. The fraction of sp³-hybridized carbons (Fsp3) is 0.789. The Morgan fingerprint density at radius 3 is 2.69 bits per heavy atom. The van der Waals surface area contributed by atoms with Crippen LogP contribution in [0.15, 0.2) is 17.4 Å². The second-order valence-electron chi connectivity index (χ2n) is 8.23. The molecule has 0 radical (unpaired) electrons. The second kappa shape index (κ2) is 8.04. The van der Waals surface area contributed by atoms with Gasteiger partial charge in [0.15, 0.2) is 5.96 Å². The molecule has 0 bridgehead atoms. The Morgan fingerprint density at radius 2 is 2.15 bits per heavy atom. The Bertz CT molecular complexity index is 644. The van der Waals surface area contributed by atoms with Crippen LogP contribution in [0.25, 0.3) is 0 Å². The fourth-order valence-electron chi connectivity index (χ4n) is 4.14. The summed E-state index contributed by atoms with van der Waals surface area (Å²) in [4.78, 5) is 7.17. The summed E-state index contributed by atoms with van der Waals surface area (Å²) in [5.41, 5.74) is 1.35.